The molecule has 0 spiro atoms. The molecule has 0 atom stereocenters. The van der Waals surface area contributed by atoms with Crippen LogP contribution in [-0.4, -0.2) is 14.3 Å². The van der Waals surface area contributed by atoms with Gasteiger partial charge < -0.3 is 5.32 Å². The first-order valence-electron chi connectivity index (χ1n) is 9.51. The number of halogens is 1. The molecular formula is C24H19ClN2O3S. The second-order valence-electron chi connectivity index (χ2n) is 7.13. The van der Waals surface area contributed by atoms with Crippen molar-refractivity contribution in [2.24, 2.45) is 0 Å². The van der Waals surface area contributed by atoms with Gasteiger partial charge in [0.25, 0.3) is 15.9 Å². The molecule has 0 fully saturated rings. The maximum Gasteiger partial charge on any atom is 0.261 e. The van der Waals surface area contributed by atoms with E-state index in [0.29, 0.717) is 5.69 Å². The molecule has 4 rings (SSSR count). The third-order valence-electron chi connectivity index (χ3n) is 4.80. The van der Waals surface area contributed by atoms with Crippen molar-refractivity contribution in [1.29, 1.82) is 0 Å². The van der Waals surface area contributed by atoms with E-state index in [1.54, 1.807) is 18.2 Å². The van der Waals surface area contributed by atoms with Gasteiger partial charge >= 0.3 is 0 Å². The SMILES string of the molecule is Cc1ccc(S(=O)(=O)Nc2ccc(Cl)c(C(=O)Nc3ccc4ccccc4c3)c2)cc1. The van der Waals surface area contributed by atoms with Crippen LogP contribution in [0.25, 0.3) is 10.8 Å². The maximum atomic E-state index is 12.8. The third kappa shape index (κ3) is 4.71. The number of anilines is 2. The number of nitrogens with one attached hydrogen (secondary N) is 2. The molecule has 0 heterocycles. The minimum absolute atomic E-state index is 0.134. The zero-order valence-electron chi connectivity index (χ0n) is 16.6. The van der Waals surface area contributed by atoms with Crippen LogP contribution in [0, 0.1) is 6.92 Å². The highest BCUT2D eigenvalue weighted by atomic mass is 35.5. The summed E-state index contributed by atoms with van der Waals surface area (Å²) >= 11 is 6.22. The summed E-state index contributed by atoms with van der Waals surface area (Å²) in [5, 5.41) is 5.09. The van der Waals surface area contributed by atoms with Gasteiger partial charge in [-0.25, -0.2) is 8.42 Å². The molecule has 156 valence electrons. The molecule has 0 aliphatic carbocycles. The van der Waals surface area contributed by atoms with E-state index >= 15 is 0 Å². The predicted molar refractivity (Wildman–Crippen MR) is 125 cm³/mol. The summed E-state index contributed by atoms with van der Waals surface area (Å²) in [6.45, 7) is 1.88. The zero-order chi connectivity index (χ0) is 22.0. The fourth-order valence-corrected chi connectivity index (χ4v) is 4.41. The van der Waals surface area contributed by atoms with Crippen LogP contribution in [0.3, 0.4) is 0 Å². The topological polar surface area (TPSA) is 75.3 Å². The highest BCUT2D eigenvalue weighted by Crippen LogP contribution is 2.25. The van der Waals surface area contributed by atoms with Crippen molar-refractivity contribution in [3.05, 3.63) is 101 Å². The Morgan fingerprint density at radius 1 is 0.806 bits per heavy atom. The summed E-state index contributed by atoms with van der Waals surface area (Å²) in [5.74, 6) is -0.434. The normalized spacial score (nSPS) is 11.3. The molecule has 4 aromatic carbocycles. The lowest BCUT2D eigenvalue weighted by Gasteiger charge is -2.12. The van der Waals surface area contributed by atoms with Crippen LogP contribution in [-0.2, 0) is 10.0 Å². The molecule has 31 heavy (non-hydrogen) atoms. The fourth-order valence-electron chi connectivity index (χ4n) is 3.16. The quantitative estimate of drug-likeness (QED) is 0.400. The summed E-state index contributed by atoms with van der Waals surface area (Å²) in [6, 6.07) is 24.3. The molecule has 0 unspecified atom stereocenters. The highest BCUT2D eigenvalue weighted by molar-refractivity contribution is 7.92. The Kier molecular flexibility index (Phi) is 5.67. The Bertz CT molecular complexity index is 1380. The van der Waals surface area contributed by atoms with Crippen molar-refractivity contribution in [3.63, 3.8) is 0 Å². The molecule has 0 radical (unpaired) electrons. The number of fused-ring (bicyclic) bond motifs is 1. The standard InChI is InChI=1S/C24H19ClN2O3S/c1-16-6-11-21(12-7-16)31(29,30)27-20-10-13-23(25)22(15-20)24(28)26-19-9-8-17-4-2-3-5-18(17)14-19/h2-15,27H,1H3,(H,26,28). The second kappa shape index (κ2) is 8.41. The summed E-state index contributed by atoms with van der Waals surface area (Å²) in [6.07, 6.45) is 0. The van der Waals surface area contributed by atoms with Crippen molar-refractivity contribution < 1.29 is 13.2 Å². The minimum Gasteiger partial charge on any atom is -0.322 e. The molecule has 2 N–H and O–H groups in total. The zero-order valence-corrected chi connectivity index (χ0v) is 18.2. The largest absolute Gasteiger partial charge is 0.322 e. The van der Waals surface area contributed by atoms with E-state index in [1.807, 2.05) is 43.3 Å². The molecule has 7 heteroatoms. The molecule has 0 aliphatic rings. The molecule has 4 aromatic rings. The van der Waals surface area contributed by atoms with Crippen LogP contribution in [0.15, 0.2) is 89.8 Å². The molecule has 0 aliphatic heterocycles. The first-order valence-corrected chi connectivity index (χ1v) is 11.4. The Hall–Kier alpha value is -3.35. The van der Waals surface area contributed by atoms with E-state index in [0.717, 1.165) is 16.3 Å². The monoisotopic (exact) mass is 450 g/mol. The van der Waals surface area contributed by atoms with E-state index in [9.17, 15) is 13.2 Å². The second-order valence-corrected chi connectivity index (χ2v) is 9.22. The summed E-state index contributed by atoms with van der Waals surface area (Å²) in [5.41, 5.74) is 1.98. The molecule has 0 bridgehead atoms. The van der Waals surface area contributed by atoms with Crippen molar-refractivity contribution in [1.82, 2.24) is 0 Å². The Morgan fingerprint density at radius 2 is 1.48 bits per heavy atom. The van der Waals surface area contributed by atoms with Gasteiger partial charge in [-0.1, -0.05) is 59.6 Å². The molecule has 0 saturated heterocycles. The minimum atomic E-state index is -3.79. The van der Waals surface area contributed by atoms with Crippen molar-refractivity contribution in [2.75, 3.05) is 10.0 Å². The number of aryl methyl sites for hydroxylation is 1. The molecular weight excluding hydrogens is 432 g/mol. The Labute approximate surface area is 185 Å². The van der Waals surface area contributed by atoms with Gasteiger partial charge in [0.2, 0.25) is 0 Å². The van der Waals surface area contributed by atoms with Crippen LogP contribution >= 0.6 is 11.6 Å². The lowest BCUT2D eigenvalue weighted by Crippen LogP contribution is -2.15. The first kappa shape index (κ1) is 20.9. The average molecular weight is 451 g/mol. The van der Waals surface area contributed by atoms with Gasteiger partial charge in [-0.05, 0) is 60.2 Å². The number of benzene rings is 4. The van der Waals surface area contributed by atoms with Gasteiger partial charge in [0.1, 0.15) is 0 Å². The third-order valence-corrected chi connectivity index (χ3v) is 6.53. The van der Waals surface area contributed by atoms with Gasteiger partial charge in [0, 0.05) is 11.4 Å². The lowest BCUT2D eigenvalue weighted by atomic mass is 10.1. The van der Waals surface area contributed by atoms with E-state index < -0.39 is 15.9 Å². The smallest absolute Gasteiger partial charge is 0.261 e. The van der Waals surface area contributed by atoms with E-state index in [1.165, 1.54) is 30.3 Å². The van der Waals surface area contributed by atoms with Crippen LogP contribution < -0.4 is 10.0 Å². The van der Waals surface area contributed by atoms with Gasteiger partial charge in [0.15, 0.2) is 0 Å². The van der Waals surface area contributed by atoms with E-state index in [4.69, 9.17) is 11.6 Å². The van der Waals surface area contributed by atoms with Gasteiger partial charge in [-0.2, -0.15) is 0 Å². The van der Waals surface area contributed by atoms with Gasteiger partial charge in [0.05, 0.1) is 15.5 Å². The Balaban J connectivity index is 1.58. The molecule has 0 aromatic heterocycles. The number of hydrogen-bond donors (Lipinski definition) is 2. The molecule has 0 saturated carbocycles. The highest BCUT2D eigenvalue weighted by Gasteiger charge is 2.17. The average Bonchev–Trinajstić information content (AvgIpc) is 2.75. The Morgan fingerprint density at radius 3 is 2.23 bits per heavy atom. The summed E-state index contributed by atoms with van der Waals surface area (Å²) < 4.78 is 27.8. The van der Waals surface area contributed by atoms with E-state index in [2.05, 4.69) is 10.0 Å². The van der Waals surface area contributed by atoms with Crippen LogP contribution in [0.4, 0.5) is 11.4 Å². The van der Waals surface area contributed by atoms with Gasteiger partial charge in [-0.3, -0.25) is 9.52 Å². The molecule has 1 amide bonds. The van der Waals surface area contributed by atoms with Crippen molar-refractivity contribution in [3.8, 4) is 0 Å². The first-order chi connectivity index (χ1) is 14.8. The predicted octanol–water partition coefficient (Wildman–Crippen LogP) is 5.85. The number of sulfonamides is 1. The van der Waals surface area contributed by atoms with Crippen molar-refractivity contribution >= 4 is 49.7 Å². The van der Waals surface area contributed by atoms with Crippen LogP contribution in [0.1, 0.15) is 15.9 Å². The van der Waals surface area contributed by atoms with E-state index in [-0.39, 0.29) is 21.2 Å². The van der Waals surface area contributed by atoms with Gasteiger partial charge in [-0.15, -0.1) is 0 Å². The number of rotatable bonds is 5. The number of hydrogen-bond acceptors (Lipinski definition) is 3. The van der Waals surface area contributed by atoms with Crippen LogP contribution in [0.2, 0.25) is 5.02 Å². The summed E-state index contributed by atoms with van der Waals surface area (Å²) in [4.78, 5) is 13.0. The summed E-state index contributed by atoms with van der Waals surface area (Å²) in [7, 11) is -3.79. The van der Waals surface area contributed by atoms with Crippen LogP contribution in [0.5, 0.6) is 0 Å². The fraction of sp³-hybridized carbons (Fsp3) is 0.0417. The lowest BCUT2D eigenvalue weighted by molar-refractivity contribution is 0.102. The molecule has 5 nitrogen and oxygen atoms in total. The van der Waals surface area contributed by atoms with Crippen molar-refractivity contribution in [2.45, 2.75) is 11.8 Å². The maximum absolute atomic E-state index is 12.8. The number of amides is 1. The number of carbonyl (C=O) groups excluding carboxylic acids is 1. The number of carbonyl (C=O) groups is 1.